The number of nitriles is 2. The van der Waals surface area contributed by atoms with E-state index in [0.717, 1.165) is 150 Å². The molecule has 0 fully saturated rings. The monoisotopic (exact) mass is 1150 g/mol. The van der Waals surface area contributed by atoms with E-state index in [-0.39, 0.29) is 0 Å². The molecule has 0 saturated carbocycles. The van der Waals surface area contributed by atoms with Gasteiger partial charge in [0.1, 0.15) is 6.07 Å². The van der Waals surface area contributed by atoms with Gasteiger partial charge in [0, 0.05) is 74.1 Å². The van der Waals surface area contributed by atoms with Crippen molar-refractivity contribution in [3.63, 3.8) is 0 Å². The van der Waals surface area contributed by atoms with E-state index in [1.165, 1.54) is 0 Å². The van der Waals surface area contributed by atoms with E-state index >= 15 is 0 Å². The van der Waals surface area contributed by atoms with Crippen LogP contribution in [0.2, 0.25) is 0 Å². The average Bonchev–Trinajstić information content (AvgIpc) is 1.57. The van der Waals surface area contributed by atoms with Crippen LogP contribution in [0.1, 0.15) is 11.1 Å². The molecule has 0 saturated heterocycles. The minimum atomic E-state index is 0.455. The smallest absolute Gasteiger partial charge is 0.101 e. The lowest BCUT2D eigenvalue weighted by molar-refractivity contribution is 1.14. The minimum absolute atomic E-state index is 0.455. The van der Waals surface area contributed by atoms with Crippen LogP contribution in [0, 0.1) is 22.7 Å². The number of fused-ring (bicyclic) bond motifs is 6. The van der Waals surface area contributed by atoms with Crippen molar-refractivity contribution in [2.75, 3.05) is 0 Å². The van der Waals surface area contributed by atoms with Gasteiger partial charge in [-0.1, -0.05) is 182 Å². The van der Waals surface area contributed by atoms with Crippen molar-refractivity contribution in [3.05, 3.63) is 315 Å². The van der Waals surface area contributed by atoms with Gasteiger partial charge >= 0.3 is 0 Å². The van der Waals surface area contributed by atoms with E-state index < -0.39 is 0 Å². The minimum Gasteiger partial charge on any atom is -0.309 e. The molecule has 0 unspecified atom stereocenters. The number of aromatic nitrogens is 6. The second-order valence-corrected chi connectivity index (χ2v) is 22.5. The maximum atomic E-state index is 12.0. The van der Waals surface area contributed by atoms with Gasteiger partial charge in [-0.05, 0) is 147 Å². The van der Waals surface area contributed by atoms with Crippen LogP contribution in [0.3, 0.4) is 0 Å². The van der Waals surface area contributed by atoms with Gasteiger partial charge < -0.3 is 9.13 Å². The van der Waals surface area contributed by atoms with E-state index in [0.29, 0.717) is 16.8 Å². The number of benzene rings is 10. The molecule has 0 N–H and O–H groups in total. The summed E-state index contributed by atoms with van der Waals surface area (Å²) in [4.78, 5) is 19.2. The van der Waals surface area contributed by atoms with Gasteiger partial charge in [0.05, 0.1) is 73.4 Å². The van der Waals surface area contributed by atoms with E-state index in [1.54, 1.807) is 0 Å². The highest BCUT2D eigenvalue weighted by Crippen LogP contribution is 2.45. The van der Waals surface area contributed by atoms with Gasteiger partial charge in [-0.15, -0.1) is 0 Å². The zero-order valence-electron chi connectivity index (χ0n) is 48.4. The molecule has 0 aliphatic carbocycles. The van der Waals surface area contributed by atoms with Crippen molar-refractivity contribution in [1.82, 2.24) is 29.1 Å². The normalized spacial score (nSPS) is 11.3. The summed E-state index contributed by atoms with van der Waals surface area (Å²) in [6, 6.07) is 102. The van der Waals surface area contributed by atoms with Crippen LogP contribution in [-0.2, 0) is 0 Å². The maximum absolute atomic E-state index is 12.0. The summed E-state index contributed by atoms with van der Waals surface area (Å²) in [7, 11) is 0. The van der Waals surface area contributed by atoms with Gasteiger partial charge in [0.25, 0.3) is 0 Å². The summed E-state index contributed by atoms with van der Waals surface area (Å²) >= 11 is 0. The molecule has 8 heteroatoms. The lowest BCUT2D eigenvalue weighted by Gasteiger charge is -2.19. The number of hydrogen-bond donors (Lipinski definition) is 0. The van der Waals surface area contributed by atoms with E-state index in [1.807, 2.05) is 116 Å². The predicted octanol–water partition coefficient (Wildman–Crippen LogP) is 20.2. The molecule has 90 heavy (non-hydrogen) atoms. The third-order valence-electron chi connectivity index (χ3n) is 17.2. The zero-order chi connectivity index (χ0) is 60.1. The first-order valence-electron chi connectivity index (χ1n) is 29.8. The number of rotatable bonds is 11. The van der Waals surface area contributed by atoms with Crippen molar-refractivity contribution < 1.29 is 0 Å². The highest BCUT2D eigenvalue weighted by molar-refractivity contribution is 6.13. The molecule has 6 aromatic heterocycles. The van der Waals surface area contributed by atoms with Crippen LogP contribution < -0.4 is 0 Å². The van der Waals surface area contributed by atoms with Crippen molar-refractivity contribution in [2.45, 2.75) is 0 Å². The molecule has 16 rings (SSSR count). The Bertz CT molecular complexity index is 5280. The fraction of sp³-hybridized carbons (Fsp3) is 0. The highest BCUT2D eigenvalue weighted by atomic mass is 15.0. The predicted molar refractivity (Wildman–Crippen MR) is 365 cm³/mol. The van der Waals surface area contributed by atoms with E-state index in [4.69, 9.17) is 19.9 Å². The zero-order valence-corrected chi connectivity index (χ0v) is 48.4. The summed E-state index contributed by atoms with van der Waals surface area (Å²) in [6.07, 6.45) is 7.49. The second kappa shape index (κ2) is 22.3. The first-order chi connectivity index (χ1) is 44.5. The molecule has 0 spiro atoms. The average molecular weight is 1150 g/mol. The van der Waals surface area contributed by atoms with Gasteiger partial charge in [0.2, 0.25) is 0 Å². The fourth-order valence-corrected chi connectivity index (χ4v) is 12.8. The van der Waals surface area contributed by atoms with Crippen LogP contribution in [0.4, 0.5) is 0 Å². The largest absolute Gasteiger partial charge is 0.309 e. The summed E-state index contributed by atoms with van der Waals surface area (Å²) in [5.41, 5.74) is 23.5. The SMILES string of the molecule is N#Cc1cccc(-c2cc(-n3c4cc(-c5ccnc(-c6ccccc6)c5)ccc4c4ccc(-c5ccnc(-c6ccccc6)c5)cc43)c(C#N)cc2-n2c3cc(-c4ccnc(-c5ccccc5)c4)ccc3c3ccc(-c4ccnc(-c5ccccc5)c4)cc32)c1. The van der Waals surface area contributed by atoms with Crippen molar-refractivity contribution in [2.24, 2.45) is 0 Å². The fourth-order valence-electron chi connectivity index (χ4n) is 12.8. The Labute approximate surface area is 519 Å². The topological polar surface area (TPSA) is 109 Å². The Morgan fingerprint density at radius 3 is 0.900 bits per heavy atom. The Kier molecular flexibility index (Phi) is 13.1. The summed E-state index contributed by atoms with van der Waals surface area (Å²) in [5, 5.41) is 26.7. The molecule has 418 valence electrons. The van der Waals surface area contributed by atoms with Gasteiger partial charge in [0.15, 0.2) is 0 Å². The summed E-state index contributed by atoms with van der Waals surface area (Å²) in [6.45, 7) is 0. The number of nitrogens with zero attached hydrogens (tertiary/aromatic N) is 8. The Balaban J connectivity index is 0.971. The molecule has 0 aliphatic heterocycles. The van der Waals surface area contributed by atoms with Crippen LogP contribution in [0.25, 0.3) is 156 Å². The Hall–Kier alpha value is -12.6. The first-order valence-corrected chi connectivity index (χ1v) is 29.8. The molecular weight excluding hydrogens is 1100 g/mol. The van der Waals surface area contributed by atoms with E-state index in [9.17, 15) is 10.5 Å². The van der Waals surface area contributed by atoms with Gasteiger partial charge in [-0.25, -0.2) is 0 Å². The van der Waals surface area contributed by atoms with Gasteiger partial charge in [-0.2, -0.15) is 10.5 Å². The molecule has 0 aliphatic rings. The molecule has 0 atom stereocenters. The number of hydrogen-bond acceptors (Lipinski definition) is 6. The van der Waals surface area contributed by atoms with Crippen LogP contribution in [0.15, 0.2) is 304 Å². The third-order valence-corrected chi connectivity index (χ3v) is 17.2. The van der Waals surface area contributed by atoms with Crippen LogP contribution >= 0.6 is 0 Å². The number of pyridine rings is 4. The van der Waals surface area contributed by atoms with Crippen molar-refractivity contribution in [1.29, 1.82) is 10.5 Å². The lowest BCUT2D eigenvalue weighted by atomic mass is 9.97. The molecule has 0 radical (unpaired) electrons. The van der Waals surface area contributed by atoms with Crippen molar-refractivity contribution in [3.8, 4) is 124 Å². The standard InChI is InChI=1S/C82H50N8/c83-51-53-14-13-23-66(40-53)72-50-77(89-78-45-58(62-32-36-85-73(41-62)54-15-5-1-6-16-54)24-28-68(78)69-29-25-59(46-79(69)89)63-33-37-86-74(42-63)55-17-7-2-8-18-55)67(52-84)49-82(72)90-80-47-60(64-34-38-87-75(43-64)56-19-9-3-10-20-56)26-30-70(80)71-31-27-61(48-81(71)90)65-35-39-88-76(44-65)57-21-11-4-12-22-57/h1-50H. The lowest BCUT2D eigenvalue weighted by Crippen LogP contribution is -2.04. The molecule has 0 amide bonds. The molecule has 10 aromatic carbocycles. The molecular formula is C82H50N8. The first kappa shape index (κ1) is 52.9. The second-order valence-electron chi connectivity index (χ2n) is 22.5. The van der Waals surface area contributed by atoms with Gasteiger partial charge in [-0.3, -0.25) is 19.9 Å². The Morgan fingerprint density at radius 1 is 0.244 bits per heavy atom. The summed E-state index contributed by atoms with van der Waals surface area (Å²) < 4.78 is 4.58. The van der Waals surface area contributed by atoms with Crippen molar-refractivity contribution >= 4 is 43.6 Å². The molecule has 8 nitrogen and oxygen atoms in total. The molecule has 16 aromatic rings. The van der Waals surface area contributed by atoms with Crippen LogP contribution in [0.5, 0.6) is 0 Å². The van der Waals surface area contributed by atoms with Crippen LogP contribution in [-0.4, -0.2) is 29.1 Å². The highest BCUT2D eigenvalue weighted by Gasteiger charge is 2.24. The molecule has 0 bridgehead atoms. The quantitative estimate of drug-likeness (QED) is 0.128. The summed E-state index contributed by atoms with van der Waals surface area (Å²) in [5.74, 6) is 0. The maximum Gasteiger partial charge on any atom is 0.101 e. The van der Waals surface area contributed by atoms with E-state index in [2.05, 4.69) is 209 Å². The Morgan fingerprint density at radius 2 is 0.567 bits per heavy atom. The molecule has 6 heterocycles. The third kappa shape index (κ3) is 9.51.